The molecule has 1 aromatic carbocycles. The van der Waals surface area contributed by atoms with Gasteiger partial charge >= 0.3 is 0 Å². The Balaban J connectivity index is 0.00000364. The van der Waals surface area contributed by atoms with Gasteiger partial charge in [0.05, 0.1) is 0 Å². The summed E-state index contributed by atoms with van der Waals surface area (Å²) >= 11 is 3.52. The van der Waals surface area contributed by atoms with Crippen LogP contribution >= 0.6 is 28.3 Å². The molecular weight excluding hydrogens is 426 g/mol. The Morgan fingerprint density at radius 2 is 1.63 bits per heavy atom. The molecular formula is C20H33BrClN5. The van der Waals surface area contributed by atoms with Crippen LogP contribution in [0.15, 0.2) is 38.7 Å². The Bertz CT molecular complexity index is 620. The van der Waals surface area contributed by atoms with Crippen LogP contribution in [0.5, 0.6) is 0 Å². The lowest BCUT2D eigenvalue weighted by atomic mass is 10.1. The molecule has 0 saturated heterocycles. The third-order valence-corrected chi connectivity index (χ3v) is 5.20. The first-order valence-electron chi connectivity index (χ1n) is 9.84. The Morgan fingerprint density at radius 3 is 2.26 bits per heavy atom. The molecule has 1 aliphatic rings. The van der Waals surface area contributed by atoms with Gasteiger partial charge in [-0.1, -0.05) is 80.3 Å². The molecule has 0 aliphatic carbocycles. The number of guanidine groups is 2. The van der Waals surface area contributed by atoms with E-state index in [0.29, 0.717) is 5.96 Å². The maximum atomic E-state index is 6.15. The lowest BCUT2D eigenvalue weighted by Crippen LogP contribution is -2.48. The summed E-state index contributed by atoms with van der Waals surface area (Å²) in [6.45, 7) is 2.26. The van der Waals surface area contributed by atoms with Crippen LogP contribution in [0.1, 0.15) is 71.1 Å². The third-order valence-electron chi connectivity index (χ3n) is 4.71. The zero-order valence-electron chi connectivity index (χ0n) is 16.2. The summed E-state index contributed by atoms with van der Waals surface area (Å²) in [5.74, 6) is 0.686. The number of nitrogens with two attached hydrogens (primary N) is 2. The van der Waals surface area contributed by atoms with E-state index in [4.69, 9.17) is 11.5 Å². The van der Waals surface area contributed by atoms with E-state index >= 15 is 0 Å². The number of hydrogen-bond acceptors (Lipinski definition) is 5. The quantitative estimate of drug-likeness (QED) is 0.425. The highest BCUT2D eigenvalue weighted by Gasteiger charge is 2.25. The first-order chi connectivity index (χ1) is 12.6. The molecule has 0 fully saturated rings. The molecule has 0 aromatic heterocycles. The fraction of sp³-hybridized carbons (Fsp3) is 0.600. The van der Waals surface area contributed by atoms with Crippen LogP contribution in [0, 0.1) is 0 Å². The Kier molecular flexibility index (Phi) is 11.4. The van der Waals surface area contributed by atoms with E-state index in [1.165, 1.54) is 51.4 Å². The van der Waals surface area contributed by atoms with Crippen LogP contribution in [0.3, 0.4) is 0 Å². The fourth-order valence-corrected chi connectivity index (χ4v) is 3.71. The van der Waals surface area contributed by atoms with Gasteiger partial charge in [0, 0.05) is 10.2 Å². The number of anilines is 1. The maximum absolute atomic E-state index is 6.15. The minimum Gasteiger partial charge on any atom is -0.369 e. The SMILES string of the molecule is CCCCCCCCCCCC1N=C(N)N=C(N)N1c1cccc(Br)c1.Cl. The van der Waals surface area contributed by atoms with Gasteiger partial charge < -0.3 is 11.5 Å². The fourth-order valence-electron chi connectivity index (χ4n) is 3.32. The second-order valence-corrected chi connectivity index (χ2v) is 7.82. The van der Waals surface area contributed by atoms with Crippen molar-refractivity contribution in [1.82, 2.24) is 0 Å². The Hall–Kier alpha value is -1.27. The van der Waals surface area contributed by atoms with Gasteiger partial charge in [0.1, 0.15) is 6.17 Å². The van der Waals surface area contributed by atoms with Crippen molar-refractivity contribution < 1.29 is 0 Å². The standard InChI is InChI=1S/C20H32BrN5.ClH/c1-2-3-4-5-6-7-8-9-10-14-18-24-19(22)25-20(23)26(18)17-13-11-12-16(21)15-17;/h11-13,15,18H,2-10,14H2,1H3,(H4,22,23,24,25);1H. The normalized spacial score (nSPS) is 16.5. The number of aliphatic imine (C=N–C) groups is 2. The summed E-state index contributed by atoms with van der Waals surface area (Å²) in [4.78, 5) is 10.6. The molecule has 5 nitrogen and oxygen atoms in total. The van der Waals surface area contributed by atoms with E-state index < -0.39 is 0 Å². The van der Waals surface area contributed by atoms with Crippen LogP contribution in [0.2, 0.25) is 0 Å². The largest absolute Gasteiger partial charge is 0.369 e. The topological polar surface area (TPSA) is 80.0 Å². The van der Waals surface area contributed by atoms with E-state index in [-0.39, 0.29) is 24.5 Å². The highest BCUT2D eigenvalue weighted by molar-refractivity contribution is 9.10. The van der Waals surface area contributed by atoms with Gasteiger partial charge in [0.2, 0.25) is 11.9 Å². The number of halogens is 2. The number of rotatable bonds is 11. The molecule has 0 bridgehead atoms. The van der Waals surface area contributed by atoms with Crippen molar-refractivity contribution in [3.63, 3.8) is 0 Å². The number of hydrogen-bond donors (Lipinski definition) is 2. The molecule has 7 heteroatoms. The minimum absolute atomic E-state index is 0. The molecule has 1 unspecified atom stereocenters. The predicted molar refractivity (Wildman–Crippen MR) is 123 cm³/mol. The number of unbranched alkanes of at least 4 members (excludes halogenated alkanes) is 8. The average Bonchev–Trinajstić information content (AvgIpc) is 2.60. The van der Waals surface area contributed by atoms with E-state index in [1.54, 1.807) is 0 Å². The van der Waals surface area contributed by atoms with Crippen LogP contribution in [0.25, 0.3) is 0 Å². The van der Waals surface area contributed by atoms with Crippen LogP contribution in [-0.2, 0) is 0 Å². The van der Waals surface area contributed by atoms with Crippen LogP contribution < -0.4 is 16.4 Å². The number of nitrogens with zero attached hydrogens (tertiary/aromatic N) is 3. The molecule has 0 saturated carbocycles. The zero-order chi connectivity index (χ0) is 18.8. The summed E-state index contributed by atoms with van der Waals surface area (Å²) in [6, 6.07) is 8.04. The smallest absolute Gasteiger partial charge is 0.220 e. The Labute approximate surface area is 178 Å². The van der Waals surface area contributed by atoms with Crippen LogP contribution in [-0.4, -0.2) is 18.1 Å². The molecule has 152 valence electrons. The summed E-state index contributed by atoms with van der Waals surface area (Å²) in [6.07, 6.45) is 12.6. The van der Waals surface area contributed by atoms with Crippen molar-refractivity contribution in [3.05, 3.63) is 28.7 Å². The third kappa shape index (κ3) is 8.09. The summed E-state index contributed by atoms with van der Waals surface area (Å²) in [5, 5.41) is 0. The second-order valence-electron chi connectivity index (χ2n) is 6.90. The molecule has 2 rings (SSSR count). The van der Waals surface area contributed by atoms with Gasteiger partial charge in [0.15, 0.2) is 0 Å². The van der Waals surface area contributed by atoms with Crippen molar-refractivity contribution in [2.75, 3.05) is 4.90 Å². The average molecular weight is 459 g/mol. The molecule has 0 spiro atoms. The lowest BCUT2D eigenvalue weighted by Gasteiger charge is -2.32. The second kappa shape index (κ2) is 13.0. The number of benzene rings is 1. The molecule has 0 amide bonds. The van der Waals surface area contributed by atoms with Gasteiger partial charge in [-0.25, -0.2) is 4.99 Å². The van der Waals surface area contributed by atoms with E-state index in [2.05, 4.69) is 32.8 Å². The summed E-state index contributed by atoms with van der Waals surface area (Å²) < 4.78 is 1.01. The minimum atomic E-state index is -0.0774. The van der Waals surface area contributed by atoms with E-state index in [1.807, 2.05) is 29.2 Å². The van der Waals surface area contributed by atoms with Gasteiger partial charge in [-0.05, 0) is 31.0 Å². The van der Waals surface area contributed by atoms with Crippen molar-refractivity contribution in [2.24, 2.45) is 21.5 Å². The first-order valence-corrected chi connectivity index (χ1v) is 10.6. The van der Waals surface area contributed by atoms with Gasteiger partial charge in [-0.15, -0.1) is 12.4 Å². The molecule has 1 atom stereocenters. The zero-order valence-corrected chi connectivity index (χ0v) is 18.6. The van der Waals surface area contributed by atoms with Crippen molar-refractivity contribution in [1.29, 1.82) is 0 Å². The van der Waals surface area contributed by atoms with Gasteiger partial charge in [0.25, 0.3) is 0 Å². The maximum Gasteiger partial charge on any atom is 0.220 e. The summed E-state index contributed by atoms with van der Waals surface area (Å²) in [7, 11) is 0. The molecule has 1 heterocycles. The van der Waals surface area contributed by atoms with Crippen LogP contribution in [0.4, 0.5) is 5.69 Å². The predicted octanol–water partition coefficient (Wildman–Crippen LogP) is 5.57. The van der Waals surface area contributed by atoms with Gasteiger partial charge in [-0.2, -0.15) is 4.99 Å². The first kappa shape index (κ1) is 23.8. The highest BCUT2D eigenvalue weighted by atomic mass is 79.9. The van der Waals surface area contributed by atoms with Crippen molar-refractivity contribution in [3.8, 4) is 0 Å². The molecule has 0 radical (unpaired) electrons. The molecule has 1 aliphatic heterocycles. The van der Waals surface area contributed by atoms with E-state index in [0.717, 1.165) is 23.0 Å². The molecule has 1 aromatic rings. The summed E-state index contributed by atoms with van der Waals surface area (Å²) in [5.41, 5.74) is 13.0. The van der Waals surface area contributed by atoms with Gasteiger partial charge in [-0.3, -0.25) is 4.90 Å². The lowest BCUT2D eigenvalue weighted by molar-refractivity contribution is 0.527. The molecule has 27 heavy (non-hydrogen) atoms. The highest BCUT2D eigenvalue weighted by Crippen LogP contribution is 2.26. The van der Waals surface area contributed by atoms with E-state index in [9.17, 15) is 0 Å². The molecule has 4 N–H and O–H groups in total. The van der Waals surface area contributed by atoms with Crippen molar-refractivity contribution >= 4 is 45.9 Å². The van der Waals surface area contributed by atoms with Crippen molar-refractivity contribution in [2.45, 2.75) is 77.3 Å². The Morgan fingerprint density at radius 1 is 1.00 bits per heavy atom. The monoisotopic (exact) mass is 457 g/mol.